The third-order valence-corrected chi connectivity index (χ3v) is 4.40. The van der Waals surface area contributed by atoms with Crippen molar-refractivity contribution < 1.29 is 0 Å². The minimum Gasteiger partial charge on any atom is -0.354 e. The average Bonchev–Trinajstić information content (AvgIpc) is 3.05. The Morgan fingerprint density at radius 3 is 2.80 bits per heavy atom. The summed E-state index contributed by atoms with van der Waals surface area (Å²) in [5.41, 5.74) is 3.37. The Bertz CT molecular complexity index is 870. The lowest BCUT2D eigenvalue weighted by molar-refractivity contribution is 0.482. The van der Waals surface area contributed by atoms with E-state index in [1.165, 1.54) is 0 Å². The van der Waals surface area contributed by atoms with E-state index in [0.717, 1.165) is 47.7 Å². The van der Waals surface area contributed by atoms with E-state index < -0.39 is 0 Å². The van der Waals surface area contributed by atoms with E-state index in [1.54, 1.807) is 6.20 Å². The van der Waals surface area contributed by atoms with Crippen LogP contribution in [0.3, 0.4) is 0 Å². The standard InChI is InChI=1S/C17H22N8/c1-11-10-25(7-6-18-11)14-5-4-12(8-19-14)15-16-13(22-23-15)9-20-17(21-16)24(2)3/h4-5,8-9,11,18H,6-7,10H2,1-3H3,(H,22,23). The molecule has 1 saturated heterocycles. The molecule has 0 amide bonds. The van der Waals surface area contributed by atoms with Crippen LogP contribution in [0.4, 0.5) is 11.8 Å². The van der Waals surface area contributed by atoms with E-state index in [4.69, 9.17) is 0 Å². The number of aromatic amines is 1. The summed E-state index contributed by atoms with van der Waals surface area (Å²) in [7, 11) is 3.84. The molecular weight excluding hydrogens is 316 g/mol. The van der Waals surface area contributed by atoms with Gasteiger partial charge in [0.15, 0.2) is 0 Å². The molecular formula is C17H22N8. The van der Waals surface area contributed by atoms with Gasteiger partial charge in [0, 0.05) is 51.5 Å². The Morgan fingerprint density at radius 2 is 2.08 bits per heavy atom. The van der Waals surface area contributed by atoms with Crippen LogP contribution < -0.4 is 15.1 Å². The minimum absolute atomic E-state index is 0.478. The second-order valence-electron chi connectivity index (χ2n) is 6.61. The molecule has 1 atom stereocenters. The summed E-state index contributed by atoms with van der Waals surface area (Å²) in [4.78, 5) is 17.8. The largest absolute Gasteiger partial charge is 0.354 e. The Balaban J connectivity index is 1.66. The predicted molar refractivity (Wildman–Crippen MR) is 98.9 cm³/mol. The summed E-state index contributed by atoms with van der Waals surface area (Å²) >= 11 is 0. The van der Waals surface area contributed by atoms with E-state index in [0.29, 0.717) is 12.0 Å². The molecule has 2 N–H and O–H groups in total. The van der Waals surface area contributed by atoms with Crippen LogP contribution >= 0.6 is 0 Å². The highest BCUT2D eigenvalue weighted by molar-refractivity contribution is 5.89. The topological polar surface area (TPSA) is 85.9 Å². The van der Waals surface area contributed by atoms with Gasteiger partial charge in [0.05, 0.1) is 6.20 Å². The van der Waals surface area contributed by atoms with Crippen molar-refractivity contribution in [2.45, 2.75) is 13.0 Å². The van der Waals surface area contributed by atoms with Gasteiger partial charge in [0.2, 0.25) is 5.95 Å². The van der Waals surface area contributed by atoms with Crippen LogP contribution in [0.25, 0.3) is 22.3 Å². The molecule has 8 nitrogen and oxygen atoms in total. The van der Waals surface area contributed by atoms with Gasteiger partial charge in [0.25, 0.3) is 0 Å². The lowest BCUT2D eigenvalue weighted by atomic mass is 10.2. The zero-order valence-electron chi connectivity index (χ0n) is 14.7. The van der Waals surface area contributed by atoms with Crippen LogP contribution in [0.2, 0.25) is 0 Å². The summed E-state index contributed by atoms with van der Waals surface area (Å²) in [6, 6.07) is 4.59. The molecule has 1 fully saturated rings. The second-order valence-corrected chi connectivity index (χ2v) is 6.61. The number of aromatic nitrogens is 5. The van der Waals surface area contributed by atoms with Gasteiger partial charge in [-0.25, -0.2) is 15.0 Å². The van der Waals surface area contributed by atoms with Gasteiger partial charge >= 0.3 is 0 Å². The zero-order valence-corrected chi connectivity index (χ0v) is 14.7. The molecule has 8 heteroatoms. The molecule has 3 aromatic heterocycles. The Morgan fingerprint density at radius 1 is 1.20 bits per heavy atom. The van der Waals surface area contributed by atoms with Crippen molar-refractivity contribution in [3.05, 3.63) is 24.5 Å². The minimum atomic E-state index is 0.478. The van der Waals surface area contributed by atoms with E-state index in [9.17, 15) is 0 Å². The maximum Gasteiger partial charge on any atom is 0.225 e. The van der Waals surface area contributed by atoms with Crippen molar-refractivity contribution >= 4 is 22.8 Å². The summed E-state index contributed by atoms with van der Waals surface area (Å²) in [6.07, 6.45) is 3.63. The molecule has 0 aliphatic carbocycles. The molecule has 1 aliphatic heterocycles. The van der Waals surface area contributed by atoms with Gasteiger partial charge in [-0.3, -0.25) is 5.10 Å². The van der Waals surface area contributed by atoms with Crippen molar-refractivity contribution in [2.24, 2.45) is 0 Å². The van der Waals surface area contributed by atoms with Crippen LogP contribution in [0.15, 0.2) is 24.5 Å². The van der Waals surface area contributed by atoms with Gasteiger partial charge < -0.3 is 15.1 Å². The van der Waals surface area contributed by atoms with Crippen LogP contribution in [0.5, 0.6) is 0 Å². The second kappa shape index (κ2) is 6.29. The molecule has 4 rings (SSSR count). The predicted octanol–water partition coefficient (Wildman–Crippen LogP) is 1.28. The smallest absolute Gasteiger partial charge is 0.225 e. The van der Waals surface area contributed by atoms with Crippen LogP contribution in [-0.4, -0.2) is 64.9 Å². The highest BCUT2D eigenvalue weighted by Gasteiger charge is 2.18. The Kier molecular flexibility index (Phi) is 3.96. The molecule has 3 aromatic rings. The highest BCUT2D eigenvalue weighted by atomic mass is 15.2. The Hall–Kier alpha value is -2.74. The summed E-state index contributed by atoms with van der Waals surface area (Å²) in [5, 5.41) is 10.9. The number of nitrogens with one attached hydrogen (secondary N) is 2. The molecule has 130 valence electrons. The Labute approximate surface area is 146 Å². The number of fused-ring (bicyclic) bond motifs is 1. The number of hydrogen-bond donors (Lipinski definition) is 2. The molecule has 0 radical (unpaired) electrons. The molecule has 1 aliphatic rings. The molecule has 0 aromatic carbocycles. The molecule has 0 bridgehead atoms. The van der Waals surface area contributed by atoms with Crippen LogP contribution in [0.1, 0.15) is 6.92 Å². The van der Waals surface area contributed by atoms with Crippen molar-refractivity contribution in [1.29, 1.82) is 0 Å². The van der Waals surface area contributed by atoms with E-state index >= 15 is 0 Å². The van der Waals surface area contributed by atoms with Gasteiger partial charge in [-0.05, 0) is 19.1 Å². The summed E-state index contributed by atoms with van der Waals surface area (Å²) < 4.78 is 0. The van der Waals surface area contributed by atoms with Crippen molar-refractivity contribution in [3.8, 4) is 11.3 Å². The van der Waals surface area contributed by atoms with E-state index in [2.05, 4.69) is 54.4 Å². The van der Waals surface area contributed by atoms with Gasteiger partial charge in [-0.1, -0.05) is 0 Å². The van der Waals surface area contributed by atoms with Crippen molar-refractivity contribution in [2.75, 3.05) is 43.5 Å². The number of anilines is 2. The molecule has 25 heavy (non-hydrogen) atoms. The lowest BCUT2D eigenvalue weighted by Gasteiger charge is -2.32. The first kappa shape index (κ1) is 15.8. The third kappa shape index (κ3) is 3.00. The fourth-order valence-corrected chi connectivity index (χ4v) is 3.07. The molecule has 0 saturated carbocycles. The SMILES string of the molecule is CC1CN(c2ccc(-c3n[nH]c4cnc(N(C)C)nc34)cn2)CCN1. The van der Waals surface area contributed by atoms with Crippen LogP contribution in [-0.2, 0) is 0 Å². The van der Waals surface area contributed by atoms with E-state index in [1.807, 2.05) is 25.2 Å². The average molecular weight is 338 g/mol. The summed E-state index contributed by atoms with van der Waals surface area (Å²) in [6.45, 7) is 5.12. The number of H-pyrrole nitrogens is 1. The normalized spacial score (nSPS) is 17.9. The van der Waals surface area contributed by atoms with Gasteiger partial charge in [-0.15, -0.1) is 0 Å². The highest BCUT2D eigenvalue weighted by Crippen LogP contribution is 2.26. The lowest BCUT2D eigenvalue weighted by Crippen LogP contribution is -2.49. The van der Waals surface area contributed by atoms with Crippen molar-refractivity contribution in [1.82, 2.24) is 30.5 Å². The zero-order chi connectivity index (χ0) is 17.4. The summed E-state index contributed by atoms with van der Waals surface area (Å²) in [5.74, 6) is 1.66. The first-order chi connectivity index (χ1) is 12.1. The first-order valence-electron chi connectivity index (χ1n) is 8.45. The first-order valence-corrected chi connectivity index (χ1v) is 8.45. The van der Waals surface area contributed by atoms with Gasteiger partial charge in [-0.2, -0.15) is 5.10 Å². The van der Waals surface area contributed by atoms with Gasteiger partial charge in [0.1, 0.15) is 22.5 Å². The number of piperazine rings is 1. The molecule has 4 heterocycles. The third-order valence-electron chi connectivity index (χ3n) is 4.40. The maximum absolute atomic E-state index is 4.65. The number of nitrogens with zero attached hydrogens (tertiary/aromatic N) is 6. The van der Waals surface area contributed by atoms with Crippen LogP contribution in [0, 0.1) is 0 Å². The number of rotatable bonds is 3. The fraction of sp³-hybridized carbons (Fsp3) is 0.412. The quantitative estimate of drug-likeness (QED) is 0.744. The fourth-order valence-electron chi connectivity index (χ4n) is 3.07. The molecule has 1 unspecified atom stereocenters. The number of hydrogen-bond acceptors (Lipinski definition) is 7. The molecule has 0 spiro atoms. The number of pyridine rings is 1. The van der Waals surface area contributed by atoms with E-state index in [-0.39, 0.29) is 0 Å². The van der Waals surface area contributed by atoms with Crippen molar-refractivity contribution in [3.63, 3.8) is 0 Å². The monoisotopic (exact) mass is 338 g/mol. The maximum atomic E-state index is 4.65.